The van der Waals surface area contributed by atoms with Gasteiger partial charge in [0.15, 0.2) is 0 Å². The van der Waals surface area contributed by atoms with Crippen molar-refractivity contribution in [3.63, 3.8) is 0 Å². The first-order valence-electron chi connectivity index (χ1n) is 8.63. The number of hydrogen-bond donors (Lipinski definition) is 1. The first-order chi connectivity index (χ1) is 12.2. The molecule has 1 heterocycles. The number of likely N-dealkylation sites (tertiary alicyclic amines) is 1. The third kappa shape index (κ3) is 4.63. The van der Waals surface area contributed by atoms with Crippen LogP contribution in [0.4, 0.5) is 10.1 Å². The molecule has 2 aromatic carbocycles. The smallest absolute Gasteiger partial charge is 0.125 e. The van der Waals surface area contributed by atoms with Crippen LogP contribution in [0.15, 0.2) is 42.5 Å². The highest BCUT2D eigenvalue weighted by Crippen LogP contribution is 2.27. The van der Waals surface area contributed by atoms with Crippen LogP contribution in [0.2, 0.25) is 0 Å². The van der Waals surface area contributed by atoms with E-state index >= 15 is 0 Å². The Balaban J connectivity index is 1.56. The average Bonchev–Trinajstić information content (AvgIpc) is 2.63. The maximum absolute atomic E-state index is 13.3. The number of halogens is 1. The minimum atomic E-state index is -0.201. The largest absolute Gasteiger partial charge is 0.497 e. The molecule has 0 saturated carbocycles. The Hall–Kier alpha value is -2.27. The SMILES string of the molecule is COc1ccc(OC)c(CN2CCC(Nc3cccc(F)c3)CC2)c1. The van der Waals surface area contributed by atoms with Gasteiger partial charge < -0.3 is 14.8 Å². The highest BCUT2D eigenvalue weighted by molar-refractivity contribution is 5.44. The lowest BCUT2D eigenvalue weighted by Crippen LogP contribution is -2.38. The minimum absolute atomic E-state index is 0.201. The van der Waals surface area contributed by atoms with Crippen LogP contribution in [-0.4, -0.2) is 38.3 Å². The summed E-state index contributed by atoms with van der Waals surface area (Å²) < 4.78 is 24.1. The Kier molecular flexibility index (Phi) is 5.76. The molecular formula is C20H25FN2O2. The van der Waals surface area contributed by atoms with Gasteiger partial charge in [0.1, 0.15) is 17.3 Å². The number of nitrogens with one attached hydrogen (secondary N) is 1. The molecule has 0 aliphatic carbocycles. The highest BCUT2D eigenvalue weighted by Gasteiger charge is 2.20. The van der Waals surface area contributed by atoms with E-state index in [-0.39, 0.29) is 5.82 Å². The zero-order valence-electron chi connectivity index (χ0n) is 14.8. The van der Waals surface area contributed by atoms with Crippen LogP contribution in [0.25, 0.3) is 0 Å². The Morgan fingerprint density at radius 1 is 1.08 bits per heavy atom. The Morgan fingerprint density at radius 2 is 1.88 bits per heavy atom. The fraction of sp³-hybridized carbons (Fsp3) is 0.400. The molecule has 3 rings (SSSR count). The summed E-state index contributed by atoms with van der Waals surface area (Å²) in [6.45, 7) is 2.83. The van der Waals surface area contributed by atoms with Crippen molar-refractivity contribution in [1.29, 1.82) is 0 Å². The van der Waals surface area contributed by atoms with Gasteiger partial charge in [0, 0.05) is 36.9 Å². The van der Waals surface area contributed by atoms with E-state index in [0.717, 1.165) is 55.2 Å². The fourth-order valence-electron chi connectivity index (χ4n) is 3.30. The van der Waals surface area contributed by atoms with E-state index in [0.29, 0.717) is 6.04 Å². The Labute approximate surface area is 148 Å². The molecule has 0 bridgehead atoms. The lowest BCUT2D eigenvalue weighted by atomic mass is 10.0. The van der Waals surface area contributed by atoms with Gasteiger partial charge in [-0.3, -0.25) is 4.90 Å². The first kappa shape index (κ1) is 17.5. The molecule has 5 heteroatoms. The molecule has 1 fully saturated rings. The molecule has 2 aromatic rings. The third-order valence-electron chi connectivity index (χ3n) is 4.66. The summed E-state index contributed by atoms with van der Waals surface area (Å²) in [4.78, 5) is 2.42. The molecule has 0 radical (unpaired) electrons. The van der Waals surface area contributed by atoms with Gasteiger partial charge in [-0.2, -0.15) is 0 Å². The van der Waals surface area contributed by atoms with Crippen LogP contribution < -0.4 is 14.8 Å². The summed E-state index contributed by atoms with van der Waals surface area (Å²) >= 11 is 0. The second-order valence-electron chi connectivity index (χ2n) is 6.38. The second-order valence-corrected chi connectivity index (χ2v) is 6.38. The number of anilines is 1. The number of rotatable bonds is 6. The molecule has 1 aliphatic rings. The van der Waals surface area contributed by atoms with E-state index in [4.69, 9.17) is 9.47 Å². The fourth-order valence-corrected chi connectivity index (χ4v) is 3.30. The maximum atomic E-state index is 13.3. The van der Waals surface area contributed by atoms with Gasteiger partial charge in [-0.05, 0) is 49.2 Å². The Morgan fingerprint density at radius 3 is 2.56 bits per heavy atom. The number of methoxy groups -OCH3 is 2. The average molecular weight is 344 g/mol. The summed E-state index contributed by atoms with van der Waals surface area (Å²) in [5.74, 6) is 1.53. The van der Waals surface area contributed by atoms with Crippen molar-refractivity contribution in [1.82, 2.24) is 4.90 Å². The first-order valence-corrected chi connectivity index (χ1v) is 8.63. The minimum Gasteiger partial charge on any atom is -0.497 e. The predicted octanol–water partition coefficient (Wildman–Crippen LogP) is 3.92. The Bertz CT molecular complexity index is 700. The lowest BCUT2D eigenvalue weighted by Gasteiger charge is -2.33. The van der Waals surface area contributed by atoms with Crippen LogP contribution in [0, 0.1) is 5.82 Å². The molecule has 0 unspecified atom stereocenters. The van der Waals surface area contributed by atoms with Gasteiger partial charge >= 0.3 is 0 Å². The summed E-state index contributed by atoms with van der Waals surface area (Å²) in [7, 11) is 3.37. The van der Waals surface area contributed by atoms with Gasteiger partial charge in [0.2, 0.25) is 0 Å². The van der Waals surface area contributed by atoms with Crippen LogP contribution in [0.3, 0.4) is 0 Å². The van der Waals surface area contributed by atoms with E-state index in [1.54, 1.807) is 26.4 Å². The van der Waals surface area contributed by atoms with Gasteiger partial charge in [-0.25, -0.2) is 4.39 Å². The number of hydrogen-bond acceptors (Lipinski definition) is 4. The normalized spacial score (nSPS) is 15.8. The van der Waals surface area contributed by atoms with E-state index in [1.807, 2.05) is 24.3 Å². The van der Waals surface area contributed by atoms with Crippen LogP contribution in [0.1, 0.15) is 18.4 Å². The zero-order chi connectivity index (χ0) is 17.6. The molecule has 0 amide bonds. The molecule has 1 aliphatic heterocycles. The summed E-state index contributed by atoms with van der Waals surface area (Å²) in [6, 6.07) is 13.0. The molecule has 134 valence electrons. The quantitative estimate of drug-likeness (QED) is 0.861. The van der Waals surface area contributed by atoms with E-state index in [2.05, 4.69) is 10.2 Å². The molecule has 1 N–H and O–H groups in total. The second kappa shape index (κ2) is 8.21. The number of nitrogens with zero attached hydrogens (tertiary/aromatic N) is 1. The topological polar surface area (TPSA) is 33.7 Å². The molecule has 25 heavy (non-hydrogen) atoms. The van der Waals surface area contributed by atoms with Crippen molar-refractivity contribution < 1.29 is 13.9 Å². The van der Waals surface area contributed by atoms with Crippen molar-refractivity contribution in [2.45, 2.75) is 25.4 Å². The molecule has 0 aromatic heterocycles. The molecule has 0 atom stereocenters. The van der Waals surface area contributed by atoms with Crippen LogP contribution in [-0.2, 0) is 6.54 Å². The maximum Gasteiger partial charge on any atom is 0.125 e. The molecule has 4 nitrogen and oxygen atoms in total. The third-order valence-corrected chi connectivity index (χ3v) is 4.66. The number of ether oxygens (including phenoxy) is 2. The van der Waals surface area contributed by atoms with Gasteiger partial charge in [0.05, 0.1) is 14.2 Å². The van der Waals surface area contributed by atoms with E-state index in [9.17, 15) is 4.39 Å². The van der Waals surface area contributed by atoms with E-state index < -0.39 is 0 Å². The zero-order valence-corrected chi connectivity index (χ0v) is 14.8. The summed E-state index contributed by atoms with van der Waals surface area (Å²) in [5, 5.41) is 3.44. The van der Waals surface area contributed by atoms with Crippen LogP contribution >= 0.6 is 0 Å². The van der Waals surface area contributed by atoms with Crippen molar-refractivity contribution >= 4 is 5.69 Å². The summed E-state index contributed by atoms with van der Waals surface area (Å²) in [6.07, 6.45) is 2.06. The van der Waals surface area contributed by atoms with Gasteiger partial charge in [0.25, 0.3) is 0 Å². The van der Waals surface area contributed by atoms with Crippen LogP contribution in [0.5, 0.6) is 11.5 Å². The van der Waals surface area contributed by atoms with Crippen molar-refractivity contribution in [3.05, 3.63) is 53.8 Å². The van der Waals surface area contributed by atoms with E-state index in [1.165, 1.54) is 6.07 Å². The van der Waals surface area contributed by atoms with Crippen molar-refractivity contribution in [2.75, 3.05) is 32.6 Å². The lowest BCUT2D eigenvalue weighted by molar-refractivity contribution is 0.208. The monoisotopic (exact) mass is 344 g/mol. The van der Waals surface area contributed by atoms with Gasteiger partial charge in [-0.15, -0.1) is 0 Å². The van der Waals surface area contributed by atoms with Crippen molar-refractivity contribution in [3.8, 4) is 11.5 Å². The number of benzene rings is 2. The molecule has 1 saturated heterocycles. The van der Waals surface area contributed by atoms with Gasteiger partial charge in [-0.1, -0.05) is 6.07 Å². The molecular weight excluding hydrogens is 319 g/mol. The number of piperidine rings is 1. The highest BCUT2D eigenvalue weighted by atomic mass is 19.1. The summed E-state index contributed by atoms with van der Waals surface area (Å²) in [5.41, 5.74) is 1.99. The van der Waals surface area contributed by atoms with Crippen molar-refractivity contribution in [2.24, 2.45) is 0 Å². The predicted molar refractivity (Wildman–Crippen MR) is 97.9 cm³/mol. The standard InChI is InChI=1S/C20H25FN2O2/c1-24-19-6-7-20(25-2)15(12-19)14-23-10-8-17(9-11-23)22-18-5-3-4-16(21)13-18/h3-7,12-13,17,22H,8-11,14H2,1-2H3. The molecule has 0 spiro atoms.